The topological polar surface area (TPSA) is 12.0 Å². The van der Waals surface area contributed by atoms with Crippen molar-refractivity contribution in [3.05, 3.63) is 54.5 Å². The summed E-state index contributed by atoms with van der Waals surface area (Å²) in [6.45, 7) is 2.97. The summed E-state index contributed by atoms with van der Waals surface area (Å²) in [4.78, 5) is 0. The molecule has 1 heterocycles. The molecule has 19 heavy (non-hydrogen) atoms. The van der Waals surface area contributed by atoms with Crippen molar-refractivity contribution < 1.29 is 4.39 Å². The molecule has 0 radical (unpaired) electrons. The second kappa shape index (κ2) is 7.02. The summed E-state index contributed by atoms with van der Waals surface area (Å²) in [5.74, 6) is -0.257. The van der Waals surface area contributed by atoms with Gasteiger partial charge in [-0.15, -0.1) is 11.3 Å². The highest BCUT2D eigenvalue weighted by atomic mass is 127. The van der Waals surface area contributed by atoms with Gasteiger partial charge in [-0.25, -0.2) is 4.39 Å². The molecule has 5 heteroatoms. The molecule has 1 aromatic carbocycles. The van der Waals surface area contributed by atoms with Gasteiger partial charge < -0.3 is 5.32 Å². The van der Waals surface area contributed by atoms with Crippen LogP contribution in [0.15, 0.2) is 29.6 Å². The lowest BCUT2D eigenvalue weighted by Crippen LogP contribution is -2.23. The van der Waals surface area contributed by atoms with Crippen LogP contribution in [0.4, 0.5) is 4.39 Å². The fourth-order valence-corrected chi connectivity index (χ4v) is 3.53. The predicted molar refractivity (Wildman–Crippen MR) is 88.6 cm³/mol. The van der Waals surface area contributed by atoms with Crippen molar-refractivity contribution >= 4 is 45.5 Å². The number of hydrogen-bond acceptors (Lipinski definition) is 2. The van der Waals surface area contributed by atoms with Crippen LogP contribution >= 0.6 is 45.5 Å². The summed E-state index contributed by atoms with van der Waals surface area (Å²) in [5, 5.41) is 6.12. The van der Waals surface area contributed by atoms with Crippen LogP contribution in [0.1, 0.15) is 30.5 Å². The molecule has 0 amide bonds. The first-order valence-corrected chi connectivity index (χ1v) is 8.37. The molecule has 1 unspecified atom stereocenters. The average molecular weight is 410 g/mol. The number of halogens is 3. The summed E-state index contributed by atoms with van der Waals surface area (Å²) < 4.78 is 14.7. The largest absolute Gasteiger partial charge is 0.306 e. The Morgan fingerprint density at radius 1 is 1.42 bits per heavy atom. The normalized spacial score (nSPS) is 12.6. The Morgan fingerprint density at radius 2 is 2.21 bits per heavy atom. The maximum absolute atomic E-state index is 13.5. The van der Waals surface area contributed by atoms with E-state index in [1.165, 1.54) is 15.0 Å². The zero-order chi connectivity index (χ0) is 13.8. The Labute approximate surface area is 135 Å². The van der Waals surface area contributed by atoms with E-state index in [0.29, 0.717) is 5.02 Å². The molecule has 1 N–H and O–H groups in total. The standard InChI is InChI=1S/C14H14ClFINS/c1-2-5-18-14(9-6-13(17)19-8-9)11-7-10(16)3-4-12(11)15/h3-4,6-8,14,18H,2,5H2,1H3. The molecular weight excluding hydrogens is 396 g/mol. The maximum Gasteiger partial charge on any atom is 0.123 e. The van der Waals surface area contributed by atoms with E-state index in [-0.39, 0.29) is 11.9 Å². The van der Waals surface area contributed by atoms with Crippen LogP contribution < -0.4 is 5.32 Å². The molecule has 0 aliphatic rings. The molecule has 0 spiro atoms. The molecule has 102 valence electrons. The lowest BCUT2D eigenvalue weighted by molar-refractivity contribution is 0.586. The molecule has 2 aromatic rings. The van der Waals surface area contributed by atoms with Gasteiger partial charge in [-0.05, 0) is 76.3 Å². The van der Waals surface area contributed by atoms with Gasteiger partial charge in [0, 0.05) is 5.02 Å². The zero-order valence-electron chi connectivity index (χ0n) is 10.4. The van der Waals surface area contributed by atoms with Gasteiger partial charge in [0.15, 0.2) is 0 Å². The SMILES string of the molecule is CCCNC(c1csc(I)c1)c1cc(F)ccc1Cl. The molecule has 0 aliphatic carbocycles. The van der Waals surface area contributed by atoms with Crippen LogP contribution in [-0.2, 0) is 0 Å². The quantitative estimate of drug-likeness (QED) is 0.666. The van der Waals surface area contributed by atoms with Crippen molar-refractivity contribution in [2.45, 2.75) is 19.4 Å². The third-order valence-electron chi connectivity index (χ3n) is 2.79. The van der Waals surface area contributed by atoms with E-state index in [1.807, 2.05) is 0 Å². The van der Waals surface area contributed by atoms with Gasteiger partial charge >= 0.3 is 0 Å². The van der Waals surface area contributed by atoms with Gasteiger partial charge in [-0.2, -0.15) is 0 Å². The molecule has 0 saturated heterocycles. The summed E-state index contributed by atoms with van der Waals surface area (Å²) in [6, 6.07) is 6.58. The highest BCUT2D eigenvalue weighted by molar-refractivity contribution is 14.1. The van der Waals surface area contributed by atoms with Gasteiger partial charge in [0.05, 0.1) is 8.93 Å². The first-order chi connectivity index (χ1) is 9.11. The fourth-order valence-electron chi connectivity index (χ4n) is 1.91. The predicted octanol–water partition coefficient (Wildman–Crippen LogP) is 5.23. The van der Waals surface area contributed by atoms with Crippen LogP contribution in [0.25, 0.3) is 0 Å². The van der Waals surface area contributed by atoms with E-state index in [9.17, 15) is 4.39 Å². The second-order valence-electron chi connectivity index (χ2n) is 4.24. The van der Waals surface area contributed by atoms with E-state index < -0.39 is 0 Å². The molecule has 1 atom stereocenters. The molecule has 1 nitrogen and oxygen atoms in total. The maximum atomic E-state index is 13.5. The van der Waals surface area contributed by atoms with Gasteiger partial charge in [0.1, 0.15) is 5.82 Å². The van der Waals surface area contributed by atoms with Crippen LogP contribution in [0.5, 0.6) is 0 Å². The number of rotatable bonds is 5. The third-order valence-corrected chi connectivity index (χ3v) is 4.94. The van der Waals surface area contributed by atoms with E-state index >= 15 is 0 Å². The summed E-state index contributed by atoms with van der Waals surface area (Å²) >= 11 is 10.2. The molecule has 0 aliphatic heterocycles. The third kappa shape index (κ3) is 3.90. The minimum absolute atomic E-state index is 0.0529. The first kappa shape index (κ1) is 15.2. The zero-order valence-corrected chi connectivity index (χ0v) is 14.2. The van der Waals surface area contributed by atoms with Crippen LogP contribution in [0.2, 0.25) is 5.02 Å². The second-order valence-corrected chi connectivity index (χ2v) is 7.45. The van der Waals surface area contributed by atoms with Crippen LogP contribution in [0, 0.1) is 8.70 Å². The Hall–Kier alpha value is -0.170. The van der Waals surface area contributed by atoms with E-state index in [1.54, 1.807) is 17.4 Å². The molecule has 0 bridgehead atoms. The monoisotopic (exact) mass is 409 g/mol. The van der Waals surface area contributed by atoms with Gasteiger partial charge in [-0.1, -0.05) is 18.5 Å². The van der Waals surface area contributed by atoms with E-state index in [4.69, 9.17) is 11.6 Å². The molecule has 1 aromatic heterocycles. The minimum atomic E-state index is -0.257. The highest BCUT2D eigenvalue weighted by Crippen LogP contribution is 2.32. The number of benzene rings is 1. The number of hydrogen-bond donors (Lipinski definition) is 1. The van der Waals surface area contributed by atoms with Crippen LogP contribution in [0.3, 0.4) is 0 Å². The summed E-state index contributed by atoms with van der Waals surface area (Å²) in [7, 11) is 0. The summed E-state index contributed by atoms with van der Waals surface area (Å²) in [5.41, 5.74) is 1.93. The highest BCUT2D eigenvalue weighted by Gasteiger charge is 2.18. The van der Waals surface area contributed by atoms with Gasteiger partial charge in [-0.3, -0.25) is 0 Å². The van der Waals surface area contributed by atoms with Crippen LogP contribution in [-0.4, -0.2) is 6.54 Å². The lowest BCUT2D eigenvalue weighted by Gasteiger charge is -2.19. The fraction of sp³-hybridized carbons (Fsp3) is 0.286. The van der Waals surface area contributed by atoms with Crippen molar-refractivity contribution in [2.75, 3.05) is 6.54 Å². The first-order valence-electron chi connectivity index (χ1n) is 6.04. The molecular formula is C14H14ClFINS. The van der Waals surface area contributed by atoms with Crippen molar-refractivity contribution in [1.82, 2.24) is 5.32 Å². The van der Waals surface area contributed by atoms with Crippen molar-refractivity contribution in [3.8, 4) is 0 Å². The number of thiophene rings is 1. The van der Waals surface area contributed by atoms with Crippen molar-refractivity contribution in [1.29, 1.82) is 0 Å². The Morgan fingerprint density at radius 3 is 2.84 bits per heavy atom. The van der Waals surface area contributed by atoms with Crippen molar-refractivity contribution in [3.63, 3.8) is 0 Å². The Balaban J connectivity index is 2.39. The summed E-state index contributed by atoms with van der Waals surface area (Å²) in [6.07, 6.45) is 1.02. The Kier molecular flexibility index (Phi) is 5.62. The smallest absolute Gasteiger partial charge is 0.123 e. The van der Waals surface area contributed by atoms with E-state index in [0.717, 1.165) is 24.1 Å². The molecule has 0 fully saturated rings. The molecule has 0 saturated carbocycles. The van der Waals surface area contributed by atoms with E-state index in [2.05, 4.69) is 46.3 Å². The minimum Gasteiger partial charge on any atom is -0.306 e. The van der Waals surface area contributed by atoms with Crippen molar-refractivity contribution in [2.24, 2.45) is 0 Å². The lowest BCUT2D eigenvalue weighted by atomic mass is 10.0. The average Bonchev–Trinajstić information content (AvgIpc) is 2.80. The van der Waals surface area contributed by atoms with Gasteiger partial charge in [0.25, 0.3) is 0 Å². The molecule has 2 rings (SSSR count). The van der Waals surface area contributed by atoms with Gasteiger partial charge in [0.2, 0.25) is 0 Å². The Bertz CT molecular complexity index is 558. The number of nitrogens with one attached hydrogen (secondary N) is 1.